The van der Waals surface area contributed by atoms with Gasteiger partial charge in [0.2, 0.25) is 0 Å². The topological polar surface area (TPSA) is 69.8 Å². The zero-order chi connectivity index (χ0) is 18.5. The van der Waals surface area contributed by atoms with Crippen LogP contribution in [0.4, 0.5) is 0 Å². The third-order valence-electron chi connectivity index (χ3n) is 4.35. The number of esters is 1. The average molecular weight is 370 g/mol. The first kappa shape index (κ1) is 17.8. The molecule has 2 heterocycles. The average Bonchev–Trinajstić information content (AvgIpc) is 3.59. The largest absolute Gasteiger partial charge is 0.493 e. The molecule has 2 aromatic rings. The van der Waals surface area contributed by atoms with Crippen LogP contribution in [0.25, 0.3) is 0 Å². The Morgan fingerprint density at radius 1 is 0.852 bits per heavy atom. The van der Waals surface area contributed by atoms with Crippen LogP contribution in [0.5, 0.6) is 17.2 Å². The van der Waals surface area contributed by atoms with Gasteiger partial charge in [0, 0.05) is 12.8 Å². The van der Waals surface area contributed by atoms with Crippen LogP contribution in [0.3, 0.4) is 0 Å². The summed E-state index contributed by atoms with van der Waals surface area (Å²) in [7, 11) is 0. The lowest BCUT2D eigenvalue weighted by Crippen LogP contribution is -2.10. The number of para-hydroxylation sites is 2. The van der Waals surface area contributed by atoms with Crippen LogP contribution in [0.2, 0.25) is 0 Å². The molecule has 2 aromatic carbocycles. The summed E-state index contributed by atoms with van der Waals surface area (Å²) in [6.45, 7) is 2.75. The molecule has 0 aliphatic carbocycles. The van der Waals surface area contributed by atoms with E-state index in [-0.39, 0.29) is 0 Å². The van der Waals surface area contributed by atoms with Crippen molar-refractivity contribution in [3.63, 3.8) is 0 Å². The number of benzene rings is 2. The molecule has 2 saturated heterocycles. The standard InChI is InChI=1S/C21H22O6/c22-21(15-5-7-16(8-6-15)23-11-9-17-13-25-17)27-20-4-2-1-3-19(20)24-12-10-18-14-26-18/h1-8,17-18H,9-14H2. The fourth-order valence-corrected chi connectivity index (χ4v) is 2.58. The van der Waals surface area contributed by atoms with Gasteiger partial charge < -0.3 is 23.7 Å². The minimum atomic E-state index is -0.436. The number of epoxide rings is 2. The molecule has 2 atom stereocenters. The van der Waals surface area contributed by atoms with Gasteiger partial charge in [-0.15, -0.1) is 0 Å². The molecule has 6 nitrogen and oxygen atoms in total. The van der Waals surface area contributed by atoms with Crippen molar-refractivity contribution in [1.82, 2.24) is 0 Å². The van der Waals surface area contributed by atoms with E-state index in [9.17, 15) is 4.79 Å². The second-order valence-corrected chi connectivity index (χ2v) is 6.55. The van der Waals surface area contributed by atoms with Crippen molar-refractivity contribution in [2.75, 3.05) is 26.4 Å². The molecular formula is C21H22O6. The zero-order valence-corrected chi connectivity index (χ0v) is 15.0. The molecule has 0 radical (unpaired) electrons. The van der Waals surface area contributed by atoms with Crippen LogP contribution >= 0.6 is 0 Å². The van der Waals surface area contributed by atoms with Crippen molar-refractivity contribution in [1.29, 1.82) is 0 Å². The summed E-state index contributed by atoms with van der Waals surface area (Å²) in [5.41, 5.74) is 0.453. The van der Waals surface area contributed by atoms with Gasteiger partial charge in [-0.25, -0.2) is 4.79 Å². The molecule has 142 valence electrons. The highest BCUT2D eigenvalue weighted by Crippen LogP contribution is 2.28. The van der Waals surface area contributed by atoms with Gasteiger partial charge in [-0.05, 0) is 36.4 Å². The first-order valence-corrected chi connectivity index (χ1v) is 9.18. The van der Waals surface area contributed by atoms with E-state index in [1.807, 2.05) is 6.07 Å². The lowest BCUT2D eigenvalue weighted by Gasteiger charge is -2.11. The van der Waals surface area contributed by atoms with Crippen LogP contribution in [0, 0.1) is 0 Å². The molecule has 0 N–H and O–H groups in total. The number of rotatable bonds is 10. The predicted octanol–water partition coefficient (Wildman–Crippen LogP) is 3.24. The van der Waals surface area contributed by atoms with Gasteiger partial charge in [0.1, 0.15) is 5.75 Å². The molecule has 2 fully saturated rings. The Kier molecular flexibility index (Phi) is 5.55. The van der Waals surface area contributed by atoms with Gasteiger partial charge in [-0.3, -0.25) is 0 Å². The Bertz CT molecular complexity index is 764. The fraction of sp³-hybridized carbons (Fsp3) is 0.381. The van der Waals surface area contributed by atoms with Crippen LogP contribution in [-0.2, 0) is 9.47 Å². The monoisotopic (exact) mass is 370 g/mol. The first-order valence-electron chi connectivity index (χ1n) is 9.18. The third-order valence-corrected chi connectivity index (χ3v) is 4.35. The van der Waals surface area contributed by atoms with E-state index in [0.717, 1.165) is 31.8 Å². The van der Waals surface area contributed by atoms with Gasteiger partial charge in [-0.1, -0.05) is 12.1 Å². The molecule has 0 aromatic heterocycles. The third kappa shape index (κ3) is 5.45. The van der Waals surface area contributed by atoms with Crippen LogP contribution in [-0.4, -0.2) is 44.6 Å². The molecule has 0 bridgehead atoms. The summed E-state index contributed by atoms with van der Waals surface area (Å²) >= 11 is 0. The number of hydrogen-bond donors (Lipinski definition) is 0. The molecule has 0 spiro atoms. The van der Waals surface area contributed by atoms with Crippen molar-refractivity contribution in [3.05, 3.63) is 54.1 Å². The van der Waals surface area contributed by atoms with E-state index in [1.54, 1.807) is 42.5 Å². The lowest BCUT2D eigenvalue weighted by molar-refractivity contribution is 0.0727. The maximum Gasteiger partial charge on any atom is 0.343 e. The second-order valence-electron chi connectivity index (χ2n) is 6.55. The Morgan fingerprint density at radius 2 is 1.44 bits per heavy atom. The van der Waals surface area contributed by atoms with Gasteiger partial charge in [0.05, 0.1) is 44.2 Å². The Hall–Kier alpha value is -2.57. The zero-order valence-electron chi connectivity index (χ0n) is 15.0. The second kappa shape index (κ2) is 8.41. The summed E-state index contributed by atoms with van der Waals surface area (Å²) in [6.07, 6.45) is 2.36. The van der Waals surface area contributed by atoms with Gasteiger partial charge >= 0.3 is 5.97 Å². The van der Waals surface area contributed by atoms with Crippen molar-refractivity contribution >= 4 is 5.97 Å². The predicted molar refractivity (Wildman–Crippen MR) is 97.5 cm³/mol. The summed E-state index contributed by atoms with van der Waals surface area (Å²) in [6, 6.07) is 14.1. The minimum absolute atomic E-state index is 0.303. The lowest BCUT2D eigenvalue weighted by atomic mass is 10.2. The summed E-state index contributed by atoms with van der Waals surface area (Å²) in [5.74, 6) is 1.24. The molecule has 6 heteroatoms. The number of ether oxygens (including phenoxy) is 5. The van der Waals surface area contributed by atoms with Crippen molar-refractivity contribution < 1.29 is 28.5 Å². The van der Waals surface area contributed by atoms with Crippen LogP contribution in [0.1, 0.15) is 23.2 Å². The Balaban J connectivity index is 1.31. The minimum Gasteiger partial charge on any atom is -0.493 e. The van der Waals surface area contributed by atoms with E-state index in [2.05, 4.69) is 0 Å². The Labute approximate surface area is 157 Å². The number of carbonyl (C=O) groups excluding carboxylic acids is 1. The summed E-state index contributed by atoms with van der Waals surface area (Å²) < 4.78 is 27.2. The molecule has 2 unspecified atom stereocenters. The fourth-order valence-electron chi connectivity index (χ4n) is 2.58. The molecule has 2 aliphatic rings. The highest BCUT2D eigenvalue weighted by atomic mass is 16.6. The van der Waals surface area contributed by atoms with Gasteiger partial charge in [0.15, 0.2) is 11.5 Å². The van der Waals surface area contributed by atoms with Crippen molar-refractivity contribution in [2.24, 2.45) is 0 Å². The van der Waals surface area contributed by atoms with Gasteiger partial charge in [0.25, 0.3) is 0 Å². The summed E-state index contributed by atoms with van der Waals surface area (Å²) in [4.78, 5) is 12.4. The molecule has 4 rings (SSSR count). The Morgan fingerprint density at radius 3 is 2.07 bits per heavy atom. The van der Waals surface area contributed by atoms with Crippen molar-refractivity contribution in [2.45, 2.75) is 25.0 Å². The van der Waals surface area contributed by atoms with E-state index < -0.39 is 5.97 Å². The highest BCUT2D eigenvalue weighted by Gasteiger charge is 2.23. The summed E-state index contributed by atoms with van der Waals surface area (Å²) in [5, 5.41) is 0. The quantitative estimate of drug-likeness (QED) is 0.363. The smallest absolute Gasteiger partial charge is 0.343 e. The van der Waals surface area contributed by atoms with E-state index in [1.165, 1.54) is 0 Å². The SMILES string of the molecule is O=C(Oc1ccccc1OCCC1CO1)c1ccc(OCCC2CO2)cc1. The first-order chi connectivity index (χ1) is 13.3. The van der Waals surface area contributed by atoms with Gasteiger partial charge in [-0.2, -0.15) is 0 Å². The molecular weight excluding hydrogens is 348 g/mol. The van der Waals surface area contributed by atoms with Crippen molar-refractivity contribution in [3.8, 4) is 17.2 Å². The number of hydrogen-bond acceptors (Lipinski definition) is 6. The van der Waals surface area contributed by atoms with E-state index in [0.29, 0.717) is 42.5 Å². The maximum absolute atomic E-state index is 12.4. The molecule has 0 amide bonds. The van der Waals surface area contributed by atoms with Crippen LogP contribution < -0.4 is 14.2 Å². The molecule has 27 heavy (non-hydrogen) atoms. The van der Waals surface area contributed by atoms with E-state index in [4.69, 9.17) is 23.7 Å². The van der Waals surface area contributed by atoms with Crippen LogP contribution in [0.15, 0.2) is 48.5 Å². The van der Waals surface area contributed by atoms with E-state index >= 15 is 0 Å². The highest BCUT2D eigenvalue weighted by molar-refractivity contribution is 5.91. The molecule has 2 aliphatic heterocycles. The normalized spacial score (nSPS) is 20.0. The maximum atomic E-state index is 12.4. The number of carbonyl (C=O) groups is 1. The molecule has 0 saturated carbocycles.